The maximum absolute atomic E-state index is 12.0. The lowest BCUT2D eigenvalue weighted by Gasteiger charge is -2.30. The van der Waals surface area contributed by atoms with E-state index in [9.17, 15) is 4.79 Å². The molecule has 0 unspecified atom stereocenters. The molecule has 0 spiro atoms. The molecular weight excluding hydrogens is 271 g/mol. The first kappa shape index (κ1) is 15.3. The molecule has 0 saturated carbocycles. The smallest absolute Gasteiger partial charge is 0.226 e. The predicted molar refractivity (Wildman–Crippen MR) is 76.2 cm³/mol. The normalized spacial score (nSPS) is 16.2. The van der Waals surface area contributed by atoms with Crippen LogP contribution in [0.4, 0.5) is 0 Å². The van der Waals surface area contributed by atoms with E-state index in [4.69, 9.17) is 17.3 Å². The van der Waals surface area contributed by atoms with Crippen molar-refractivity contribution in [2.45, 2.75) is 25.3 Å². The maximum Gasteiger partial charge on any atom is 0.226 e. The summed E-state index contributed by atoms with van der Waals surface area (Å²) >= 11 is 5.80. The van der Waals surface area contributed by atoms with E-state index in [1.807, 2.05) is 29.2 Å². The molecule has 1 aromatic rings. The fourth-order valence-electron chi connectivity index (χ4n) is 2.04. The highest BCUT2D eigenvalue weighted by Gasteiger charge is 2.20. The van der Waals surface area contributed by atoms with Gasteiger partial charge in [0.2, 0.25) is 5.91 Å². The number of carbonyl (C=O) groups excluding carboxylic acids is 1. The van der Waals surface area contributed by atoms with E-state index in [-0.39, 0.29) is 24.4 Å². The predicted octanol–water partition coefficient (Wildman–Crippen LogP) is 2.25. The topological polar surface area (TPSA) is 46.3 Å². The molecule has 0 aromatic heterocycles. The van der Waals surface area contributed by atoms with Gasteiger partial charge in [0.15, 0.2) is 0 Å². The van der Waals surface area contributed by atoms with Crippen LogP contribution in [0.3, 0.4) is 0 Å². The van der Waals surface area contributed by atoms with E-state index in [1.165, 1.54) is 0 Å². The molecule has 1 aliphatic rings. The number of rotatable bonds is 2. The number of amides is 1. The Kier molecular flexibility index (Phi) is 5.93. The van der Waals surface area contributed by atoms with E-state index in [0.717, 1.165) is 31.5 Å². The highest BCUT2D eigenvalue weighted by atomic mass is 35.5. The van der Waals surface area contributed by atoms with Gasteiger partial charge in [-0.1, -0.05) is 23.7 Å². The van der Waals surface area contributed by atoms with Crippen LogP contribution in [0.2, 0.25) is 5.02 Å². The monoisotopic (exact) mass is 288 g/mol. The largest absolute Gasteiger partial charge is 0.342 e. The molecule has 5 heteroatoms. The molecule has 100 valence electrons. The number of hydrogen-bond acceptors (Lipinski definition) is 2. The van der Waals surface area contributed by atoms with Crippen LogP contribution in [0.5, 0.6) is 0 Å². The summed E-state index contributed by atoms with van der Waals surface area (Å²) in [6.07, 6.45) is 2.27. The molecule has 2 rings (SSSR count). The van der Waals surface area contributed by atoms with Crippen LogP contribution >= 0.6 is 24.0 Å². The van der Waals surface area contributed by atoms with Gasteiger partial charge in [-0.2, -0.15) is 0 Å². The molecule has 1 saturated heterocycles. The second kappa shape index (κ2) is 6.98. The fraction of sp³-hybridized carbons (Fsp3) is 0.462. The van der Waals surface area contributed by atoms with Gasteiger partial charge in [0.25, 0.3) is 0 Å². The molecule has 2 N–H and O–H groups in total. The third-order valence-electron chi connectivity index (χ3n) is 3.16. The number of nitrogens with two attached hydrogens (primary N) is 1. The van der Waals surface area contributed by atoms with E-state index in [1.54, 1.807) is 0 Å². The summed E-state index contributed by atoms with van der Waals surface area (Å²) in [6.45, 7) is 1.57. The molecule has 18 heavy (non-hydrogen) atoms. The lowest BCUT2D eigenvalue weighted by atomic mass is 10.0. The number of benzene rings is 1. The van der Waals surface area contributed by atoms with Crippen LogP contribution in [0, 0.1) is 0 Å². The minimum atomic E-state index is 0. The van der Waals surface area contributed by atoms with E-state index < -0.39 is 0 Å². The SMILES string of the molecule is Cl.NC1CCN(C(=O)Cc2ccc(Cl)cc2)CC1. The lowest BCUT2D eigenvalue weighted by Crippen LogP contribution is -2.43. The molecule has 1 amide bonds. The van der Waals surface area contributed by atoms with E-state index in [0.29, 0.717) is 11.4 Å². The Morgan fingerprint density at radius 2 is 1.83 bits per heavy atom. The Hall–Kier alpha value is -0.770. The van der Waals surface area contributed by atoms with Crippen LogP contribution in [-0.2, 0) is 11.2 Å². The summed E-state index contributed by atoms with van der Waals surface area (Å²) in [7, 11) is 0. The first-order valence-corrected chi connectivity index (χ1v) is 6.31. The quantitative estimate of drug-likeness (QED) is 0.907. The summed E-state index contributed by atoms with van der Waals surface area (Å²) in [5.41, 5.74) is 6.82. The third kappa shape index (κ3) is 4.16. The Morgan fingerprint density at radius 1 is 1.28 bits per heavy atom. The van der Waals surface area contributed by atoms with Crippen molar-refractivity contribution in [1.29, 1.82) is 0 Å². The van der Waals surface area contributed by atoms with E-state index >= 15 is 0 Å². The van der Waals surface area contributed by atoms with Gasteiger partial charge in [-0.25, -0.2) is 0 Å². The molecule has 1 aliphatic heterocycles. The molecule has 0 radical (unpaired) electrons. The second-order valence-corrected chi connectivity index (χ2v) is 4.96. The van der Waals surface area contributed by atoms with Crippen LogP contribution in [-0.4, -0.2) is 29.9 Å². The summed E-state index contributed by atoms with van der Waals surface area (Å²) in [6, 6.07) is 7.69. The fourth-order valence-corrected chi connectivity index (χ4v) is 2.16. The van der Waals surface area contributed by atoms with Crippen LogP contribution in [0.1, 0.15) is 18.4 Å². The van der Waals surface area contributed by atoms with Crippen molar-refractivity contribution >= 4 is 29.9 Å². The Labute approximate surface area is 119 Å². The van der Waals surface area contributed by atoms with Crippen LogP contribution in [0.25, 0.3) is 0 Å². The van der Waals surface area contributed by atoms with E-state index in [2.05, 4.69) is 0 Å². The van der Waals surface area contributed by atoms with Gasteiger partial charge in [0.05, 0.1) is 6.42 Å². The first-order valence-electron chi connectivity index (χ1n) is 5.93. The minimum absolute atomic E-state index is 0. The van der Waals surface area contributed by atoms with Crippen molar-refractivity contribution in [1.82, 2.24) is 4.90 Å². The van der Waals surface area contributed by atoms with Crippen molar-refractivity contribution in [2.24, 2.45) is 5.73 Å². The van der Waals surface area contributed by atoms with Crippen molar-refractivity contribution < 1.29 is 4.79 Å². The van der Waals surface area contributed by atoms with Gasteiger partial charge in [-0.15, -0.1) is 12.4 Å². The summed E-state index contributed by atoms with van der Waals surface area (Å²) in [5.74, 6) is 0.180. The minimum Gasteiger partial charge on any atom is -0.342 e. The third-order valence-corrected chi connectivity index (χ3v) is 3.41. The number of halogens is 2. The van der Waals surface area contributed by atoms with Crippen LogP contribution in [0.15, 0.2) is 24.3 Å². The number of piperidine rings is 1. The number of likely N-dealkylation sites (tertiary alicyclic amines) is 1. The summed E-state index contributed by atoms with van der Waals surface area (Å²) in [4.78, 5) is 13.9. The van der Waals surface area contributed by atoms with Gasteiger partial charge in [-0.05, 0) is 30.5 Å². The van der Waals surface area contributed by atoms with Gasteiger partial charge < -0.3 is 10.6 Å². The lowest BCUT2D eigenvalue weighted by molar-refractivity contribution is -0.131. The zero-order valence-electron chi connectivity index (χ0n) is 10.1. The zero-order valence-corrected chi connectivity index (χ0v) is 11.7. The van der Waals surface area contributed by atoms with Gasteiger partial charge in [0, 0.05) is 24.2 Å². The van der Waals surface area contributed by atoms with Crippen molar-refractivity contribution in [3.8, 4) is 0 Å². The molecule has 1 heterocycles. The summed E-state index contributed by atoms with van der Waals surface area (Å²) in [5, 5.41) is 0.699. The van der Waals surface area contributed by atoms with Crippen molar-refractivity contribution in [3.63, 3.8) is 0 Å². The summed E-state index contributed by atoms with van der Waals surface area (Å²) < 4.78 is 0. The molecule has 0 bridgehead atoms. The zero-order chi connectivity index (χ0) is 12.3. The standard InChI is InChI=1S/C13H17ClN2O.ClH/c14-11-3-1-10(2-4-11)9-13(17)16-7-5-12(15)6-8-16;/h1-4,12H,5-9,15H2;1H. The molecule has 0 aliphatic carbocycles. The average molecular weight is 289 g/mol. The van der Waals surface area contributed by atoms with Crippen LogP contribution < -0.4 is 5.73 Å². The second-order valence-electron chi connectivity index (χ2n) is 4.52. The Balaban J connectivity index is 0.00000162. The van der Waals surface area contributed by atoms with Gasteiger partial charge in [0.1, 0.15) is 0 Å². The van der Waals surface area contributed by atoms with Crippen molar-refractivity contribution in [3.05, 3.63) is 34.9 Å². The first-order chi connectivity index (χ1) is 8.15. The number of hydrogen-bond donors (Lipinski definition) is 1. The Morgan fingerprint density at radius 3 is 2.39 bits per heavy atom. The molecule has 1 aromatic carbocycles. The Bertz CT molecular complexity index is 386. The van der Waals surface area contributed by atoms with Crippen molar-refractivity contribution in [2.75, 3.05) is 13.1 Å². The highest BCUT2D eigenvalue weighted by Crippen LogP contribution is 2.13. The van der Waals surface area contributed by atoms with Gasteiger partial charge in [-0.3, -0.25) is 4.79 Å². The molecule has 3 nitrogen and oxygen atoms in total. The van der Waals surface area contributed by atoms with Gasteiger partial charge >= 0.3 is 0 Å². The maximum atomic E-state index is 12.0. The number of nitrogens with zero attached hydrogens (tertiary/aromatic N) is 1. The average Bonchev–Trinajstić information content (AvgIpc) is 2.33. The molecule has 0 atom stereocenters. The molecule has 1 fully saturated rings. The highest BCUT2D eigenvalue weighted by molar-refractivity contribution is 6.30. The number of carbonyl (C=O) groups is 1. The molecular formula is C13H18Cl2N2O.